The summed E-state index contributed by atoms with van der Waals surface area (Å²) in [5.41, 5.74) is 1.96. The number of carbonyl (C=O) groups is 1. The van der Waals surface area contributed by atoms with Gasteiger partial charge in [-0.2, -0.15) is 5.10 Å². The molecule has 3 atom stereocenters. The van der Waals surface area contributed by atoms with E-state index in [0.29, 0.717) is 11.4 Å². The summed E-state index contributed by atoms with van der Waals surface area (Å²) in [5, 5.41) is 16.5. The van der Waals surface area contributed by atoms with E-state index in [-0.39, 0.29) is 24.3 Å². The van der Waals surface area contributed by atoms with E-state index in [1.807, 2.05) is 31.2 Å². The lowest BCUT2D eigenvalue weighted by Gasteiger charge is -2.43. The van der Waals surface area contributed by atoms with E-state index in [1.54, 1.807) is 0 Å². The highest BCUT2D eigenvalue weighted by molar-refractivity contribution is 6.30. The van der Waals surface area contributed by atoms with Crippen LogP contribution in [0.4, 0.5) is 0 Å². The van der Waals surface area contributed by atoms with Gasteiger partial charge in [0.15, 0.2) is 0 Å². The second-order valence-electron chi connectivity index (χ2n) is 5.76. The Kier molecular flexibility index (Phi) is 4.00. The number of hydrogen-bond donors (Lipinski definition) is 1. The van der Waals surface area contributed by atoms with Gasteiger partial charge in [-0.15, -0.1) is 0 Å². The molecule has 1 heterocycles. The topological polar surface area (TPSA) is 52.9 Å². The average molecular weight is 307 g/mol. The van der Waals surface area contributed by atoms with E-state index < -0.39 is 6.10 Å². The predicted molar refractivity (Wildman–Crippen MR) is 82.2 cm³/mol. The minimum absolute atomic E-state index is 0.0252. The molecule has 5 heteroatoms. The number of carbonyl (C=O) groups excluding carboxylic acids is 1. The number of β-amino-alcohol motifs (C(OH)–C–C–N with tert-alkyl or cyclic N) is 1. The van der Waals surface area contributed by atoms with Crippen molar-refractivity contribution in [3.8, 4) is 0 Å². The van der Waals surface area contributed by atoms with Crippen LogP contribution in [0.2, 0.25) is 5.02 Å². The summed E-state index contributed by atoms with van der Waals surface area (Å²) in [5.74, 6) is 0.294. The highest BCUT2D eigenvalue weighted by Crippen LogP contribution is 2.41. The Morgan fingerprint density at radius 2 is 2.00 bits per heavy atom. The molecule has 2 aliphatic rings. The smallest absolute Gasteiger partial charge is 0.246 e. The molecular formula is C16H19ClN2O2. The van der Waals surface area contributed by atoms with Crippen molar-refractivity contribution < 1.29 is 9.90 Å². The van der Waals surface area contributed by atoms with Crippen molar-refractivity contribution in [3.05, 3.63) is 34.9 Å². The Balaban J connectivity index is 1.91. The predicted octanol–water partition coefficient (Wildman–Crippen LogP) is 2.68. The number of halogens is 1. The summed E-state index contributed by atoms with van der Waals surface area (Å²) >= 11 is 5.93. The zero-order valence-corrected chi connectivity index (χ0v) is 12.8. The van der Waals surface area contributed by atoms with Gasteiger partial charge in [0.05, 0.1) is 18.4 Å². The van der Waals surface area contributed by atoms with Crippen LogP contribution in [-0.2, 0) is 4.79 Å². The first-order valence-corrected chi connectivity index (χ1v) is 7.81. The number of hydrazone groups is 1. The first-order chi connectivity index (χ1) is 10.1. The Morgan fingerprint density at radius 3 is 2.57 bits per heavy atom. The van der Waals surface area contributed by atoms with Gasteiger partial charge in [-0.3, -0.25) is 4.79 Å². The van der Waals surface area contributed by atoms with Crippen molar-refractivity contribution in [3.63, 3.8) is 0 Å². The number of benzene rings is 1. The van der Waals surface area contributed by atoms with Gasteiger partial charge in [0, 0.05) is 16.9 Å². The number of aliphatic hydroxyl groups excluding tert-OH is 1. The lowest BCUT2D eigenvalue weighted by Crippen LogP contribution is -2.51. The van der Waals surface area contributed by atoms with E-state index in [0.717, 1.165) is 24.1 Å². The van der Waals surface area contributed by atoms with E-state index in [2.05, 4.69) is 5.10 Å². The second-order valence-corrected chi connectivity index (χ2v) is 6.20. The van der Waals surface area contributed by atoms with Gasteiger partial charge in [0.25, 0.3) is 0 Å². The second kappa shape index (κ2) is 5.78. The molecule has 1 aromatic rings. The van der Waals surface area contributed by atoms with Crippen LogP contribution in [0.25, 0.3) is 0 Å². The molecule has 4 nitrogen and oxygen atoms in total. The molecule has 0 spiro atoms. The van der Waals surface area contributed by atoms with Crippen LogP contribution in [0.1, 0.15) is 31.7 Å². The normalized spacial score (nSPS) is 26.0. The first-order valence-electron chi connectivity index (χ1n) is 7.44. The van der Waals surface area contributed by atoms with Crippen molar-refractivity contribution in [1.82, 2.24) is 5.01 Å². The minimum atomic E-state index is -0.527. The number of fused-ring (bicyclic) bond motifs is 1. The molecule has 0 saturated heterocycles. The standard InChI is InChI=1S/C16H19ClN2O2/c1-2-12(20)9-19-16(21)14-8-7-13(14)15(18-19)10-3-5-11(17)6-4-10/h3-6,12-14,20H,2,7-9H2,1H3. The fourth-order valence-corrected chi connectivity index (χ4v) is 3.05. The lowest BCUT2D eigenvalue weighted by atomic mass is 9.68. The minimum Gasteiger partial charge on any atom is -0.391 e. The molecule has 1 fully saturated rings. The molecule has 1 amide bonds. The molecular weight excluding hydrogens is 288 g/mol. The van der Waals surface area contributed by atoms with Gasteiger partial charge in [-0.25, -0.2) is 5.01 Å². The molecule has 1 N–H and O–H groups in total. The summed E-state index contributed by atoms with van der Waals surface area (Å²) in [6.07, 6.45) is 2.00. The van der Waals surface area contributed by atoms with Gasteiger partial charge in [0.1, 0.15) is 0 Å². The maximum atomic E-state index is 12.4. The van der Waals surface area contributed by atoms with Crippen LogP contribution in [0.5, 0.6) is 0 Å². The number of amides is 1. The van der Waals surface area contributed by atoms with Crippen LogP contribution in [0.15, 0.2) is 29.4 Å². The van der Waals surface area contributed by atoms with Crippen LogP contribution < -0.4 is 0 Å². The molecule has 3 rings (SSSR count). The molecule has 112 valence electrons. The third kappa shape index (κ3) is 2.70. The van der Waals surface area contributed by atoms with E-state index in [4.69, 9.17) is 11.6 Å². The molecule has 1 aromatic carbocycles. The Labute approximate surface area is 129 Å². The molecule has 21 heavy (non-hydrogen) atoms. The van der Waals surface area contributed by atoms with Crippen molar-refractivity contribution in [2.45, 2.75) is 32.3 Å². The van der Waals surface area contributed by atoms with Crippen LogP contribution in [-0.4, -0.2) is 34.4 Å². The van der Waals surface area contributed by atoms with Crippen LogP contribution >= 0.6 is 11.6 Å². The summed E-state index contributed by atoms with van der Waals surface area (Å²) in [6, 6.07) is 7.57. The third-order valence-corrected chi connectivity index (χ3v) is 4.67. The summed E-state index contributed by atoms with van der Waals surface area (Å²) in [4.78, 5) is 12.4. The van der Waals surface area contributed by atoms with Gasteiger partial charge in [0.2, 0.25) is 5.91 Å². The van der Waals surface area contributed by atoms with Crippen molar-refractivity contribution in [2.75, 3.05) is 6.54 Å². The Bertz CT molecular complexity index is 570. The largest absolute Gasteiger partial charge is 0.391 e. The Morgan fingerprint density at radius 1 is 1.33 bits per heavy atom. The van der Waals surface area contributed by atoms with Crippen molar-refractivity contribution in [1.29, 1.82) is 0 Å². The molecule has 1 aliphatic carbocycles. The third-order valence-electron chi connectivity index (χ3n) is 4.42. The molecule has 1 saturated carbocycles. The Hall–Kier alpha value is -1.39. The SMILES string of the molecule is CCC(O)CN1N=C(c2ccc(Cl)cc2)C2CCC2C1=O. The van der Waals surface area contributed by atoms with Crippen molar-refractivity contribution in [2.24, 2.45) is 16.9 Å². The molecule has 0 radical (unpaired) electrons. The fraction of sp³-hybridized carbons (Fsp3) is 0.500. The molecule has 0 bridgehead atoms. The number of hydrogen-bond acceptors (Lipinski definition) is 3. The van der Waals surface area contributed by atoms with Crippen molar-refractivity contribution >= 4 is 23.2 Å². The van der Waals surface area contributed by atoms with Gasteiger partial charge in [-0.05, 0) is 37.0 Å². The summed E-state index contributed by atoms with van der Waals surface area (Å²) < 4.78 is 0. The zero-order chi connectivity index (χ0) is 15.0. The zero-order valence-electron chi connectivity index (χ0n) is 12.0. The fourth-order valence-electron chi connectivity index (χ4n) is 2.92. The molecule has 1 aliphatic heterocycles. The van der Waals surface area contributed by atoms with E-state index in [9.17, 15) is 9.90 Å². The average Bonchev–Trinajstić information content (AvgIpc) is 2.43. The van der Waals surface area contributed by atoms with E-state index >= 15 is 0 Å². The van der Waals surface area contributed by atoms with Gasteiger partial charge < -0.3 is 5.11 Å². The van der Waals surface area contributed by atoms with E-state index in [1.165, 1.54) is 5.01 Å². The van der Waals surface area contributed by atoms with Crippen LogP contribution in [0.3, 0.4) is 0 Å². The summed E-state index contributed by atoms with van der Waals surface area (Å²) in [7, 11) is 0. The van der Waals surface area contributed by atoms with Crippen LogP contribution in [0, 0.1) is 11.8 Å². The molecule has 3 unspecified atom stereocenters. The lowest BCUT2D eigenvalue weighted by molar-refractivity contribution is -0.142. The number of nitrogens with zero attached hydrogens (tertiary/aromatic N) is 2. The highest BCUT2D eigenvalue weighted by atomic mass is 35.5. The number of aliphatic hydroxyl groups is 1. The van der Waals surface area contributed by atoms with Gasteiger partial charge >= 0.3 is 0 Å². The molecule has 0 aromatic heterocycles. The van der Waals surface area contributed by atoms with Gasteiger partial charge in [-0.1, -0.05) is 30.7 Å². The number of rotatable bonds is 4. The first kappa shape index (κ1) is 14.5. The maximum absolute atomic E-state index is 12.4. The monoisotopic (exact) mass is 306 g/mol. The maximum Gasteiger partial charge on any atom is 0.246 e. The summed E-state index contributed by atoms with van der Waals surface area (Å²) in [6.45, 7) is 2.17. The highest BCUT2D eigenvalue weighted by Gasteiger charge is 2.45. The quantitative estimate of drug-likeness (QED) is 0.930.